The monoisotopic (exact) mass is 202 g/mol. The quantitative estimate of drug-likeness (QED) is 0.506. The summed E-state index contributed by atoms with van der Waals surface area (Å²) in [7, 11) is -2.75. The molecule has 1 rings (SSSR count). The lowest BCUT2D eigenvalue weighted by Gasteiger charge is -2.18. The Bertz CT molecular complexity index is 276. The highest BCUT2D eigenvalue weighted by Crippen LogP contribution is 2.19. The number of carbonyl (C=O) groups is 1. The van der Waals surface area contributed by atoms with E-state index in [0.29, 0.717) is 36.7 Å². The van der Waals surface area contributed by atoms with Gasteiger partial charge in [0.05, 0.1) is 11.5 Å². The van der Waals surface area contributed by atoms with E-state index >= 15 is 0 Å². The summed E-state index contributed by atoms with van der Waals surface area (Å²) in [5.74, 6) is 0.940. The number of rotatable bonds is 3. The smallest absolute Gasteiger partial charge is 0.150 e. The van der Waals surface area contributed by atoms with Crippen LogP contribution in [0.2, 0.25) is 0 Å². The van der Waals surface area contributed by atoms with Gasteiger partial charge < -0.3 is 4.79 Å². The zero-order chi connectivity index (χ0) is 9.73. The lowest BCUT2D eigenvalue weighted by Crippen LogP contribution is -2.22. The third kappa shape index (κ3) is 3.72. The van der Waals surface area contributed by atoms with Crippen molar-refractivity contribution in [3.63, 3.8) is 0 Å². The van der Waals surface area contributed by atoms with Crippen LogP contribution in [0.4, 0.5) is 0 Å². The van der Waals surface area contributed by atoms with E-state index in [4.69, 9.17) is 0 Å². The SMILES string of the molecule is O=CC/C=C\C1CCS(=O)(=O)CC1. The Morgan fingerprint density at radius 3 is 2.38 bits per heavy atom. The predicted octanol–water partition coefficient (Wildman–Crippen LogP) is 0.956. The lowest BCUT2D eigenvalue weighted by atomic mass is 10.0. The molecule has 1 fully saturated rings. The molecule has 0 amide bonds. The van der Waals surface area contributed by atoms with Gasteiger partial charge >= 0.3 is 0 Å². The number of sulfone groups is 1. The van der Waals surface area contributed by atoms with Crippen molar-refractivity contribution in [2.24, 2.45) is 5.92 Å². The molecule has 1 saturated heterocycles. The summed E-state index contributed by atoms with van der Waals surface area (Å²) in [6.45, 7) is 0. The topological polar surface area (TPSA) is 51.2 Å². The molecule has 0 aromatic carbocycles. The van der Waals surface area contributed by atoms with Gasteiger partial charge in [-0.15, -0.1) is 0 Å². The van der Waals surface area contributed by atoms with Crippen LogP contribution in [-0.2, 0) is 14.6 Å². The Morgan fingerprint density at radius 1 is 1.23 bits per heavy atom. The Hall–Kier alpha value is -0.640. The molecule has 0 radical (unpaired) electrons. The molecule has 0 aromatic rings. The fourth-order valence-corrected chi connectivity index (χ4v) is 2.96. The molecule has 1 aliphatic rings. The maximum Gasteiger partial charge on any atom is 0.150 e. The van der Waals surface area contributed by atoms with Crippen LogP contribution >= 0.6 is 0 Å². The van der Waals surface area contributed by atoms with E-state index in [-0.39, 0.29) is 0 Å². The van der Waals surface area contributed by atoms with Crippen molar-refractivity contribution in [2.45, 2.75) is 19.3 Å². The second kappa shape index (κ2) is 4.56. The number of hydrogen-bond donors (Lipinski definition) is 0. The van der Waals surface area contributed by atoms with Gasteiger partial charge in [-0.3, -0.25) is 0 Å². The third-order valence-electron chi connectivity index (χ3n) is 2.24. The first-order valence-corrected chi connectivity index (χ1v) is 6.27. The van der Waals surface area contributed by atoms with Crippen LogP contribution in [0, 0.1) is 5.92 Å². The van der Waals surface area contributed by atoms with Gasteiger partial charge in [-0.05, 0) is 18.8 Å². The van der Waals surface area contributed by atoms with E-state index in [2.05, 4.69) is 0 Å². The number of allylic oxidation sites excluding steroid dienone is 2. The molecule has 1 heterocycles. The molecule has 1 aliphatic heterocycles. The van der Waals surface area contributed by atoms with Gasteiger partial charge in [-0.2, -0.15) is 0 Å². The number of carbonyl (C=O) groups excluding carboxylic acids is 1. The second-order valence-corrected chi connectivity index (χ2v) is 5.62. The Morgan fingerprint density at radius 2 is 1.85 bits per heavy atom. The van der Waals surface area contributed by atoms with Crippen molar-refractivity contribution < 1.29 is 13.2 Å². The molecule has 0 spiro atoms. The fourth-order valence-electron chi connectivity index (χ4n) is 1.43. The molecule has 0 bridgehead atoms. The van der Waals surface area contributed by atoms with Gasteiger partial charge in [0.1, 0.15) is 16.1 Å². The average Bonchev–Trinajstić information content (AvgIpc) is 2.08. The van der Waals surface area contributed by atoms with E-state index in [0.717, 1.165) is 6.29 Å². The molecule has 0 unspecified atom stereocenters. The van der Waals surface area contributed by atoms with Gasteiger partial charge in [0.2, 0.25) is 0 Å². The van der Waals surface area contributed by atoms with E-state index in [9.17, 15) is 13.2 Å². The normalized spacial score (nSPS) is 23.4. The highest BCUT2D eigenvalue weighted by molar-refractivity contribution is 7.91. The van der Waals surface area contributed by atoms with E-state index < -0.39 is 9.84 Å². The van der Waals surface area contributed by atoms with Gasteiger partial charge in [0.15, 0.2) is 0 Å². The Balaban J connectivity index is 2.37. The zero-order valence-electron chi connectivity index (χ0n) is 7.48. The standard InChI is InChI=1S/C9H14O3S/c10-6-2-1-3-9-4-7-13(11,12)8-5-9/h1,3,6,9H,2,4-5,7-8H2/b3-1-. The average molecular weight is 202 g/mol. The van der Waals surface area contributed by atoms with Crippen molar-refractivity contribution >= 4 is 16.1 Å². The van der Waals surface area contributed by atoms with Gasteiger partial charge in [0, 0.05) is 6.42 Å². The first kappa shape index (κ1) is 10.4. The summed E-state index contributed by atoms with van der Waals surface area (Å²) in [4.78, 5) is 10.0. The highest BCUT2D eigenvalue weighted by atomic mass is 32.2. The zero-order valence-corrected chi connectivity index (χ0v) is 8.29. The van der Waals surface area contributed by atoms with Crippen LogP contribution in [0.3, 0.4) is 0 Å². The van der Waals surface area contributed by atoms with Gasteiger partial charge in [-0.25, -0.2) is 8.42 Å². The minimum absolute atomic E-state index is 0.295. The van der Waals surface area contributed by atoms with Crippen LogP contribution in [-0.4, -0.2) is 26.2 Å². The first-order chi connectivity index (χ1) is 6.14. The predicted molar refractivity (Wildman–Crippen MR) is 51.2 cm³/mol. The van der Waals surface area contributed by atoms with Crippen LogP contribution < -0.4 is 0 Å². The molecule has 0 N–H and O–H groups in total. The molecule has 0 aliphatic carbocycles. The van der Waals surface area contributed by atoms with Crippen molar-refractivity contribution in [3.8, 4) is 0 Å². The minimum atomic E-state index is -2.75. The Labute approximate surface area is 78.8 Å². The molecule has 74 valence electrons. The van der Waals surface area contributed by atoms with E-state index in [1.165, 1.54) is 0 Å². The number of hydrogen-bond acceptors (Lipinski definition) is 3. The van der Waals surface area contributed by atoms with E-state index in [1.54, 1.807) is 0 Å². The summed E-state index contributed by atoms with van der Waals surface area (Å²) in [6.07, 6.45) is 6.47. The summed E-state index contributed by atoms with van der Waals surface area (Å²) in [6, 6.07) is 0. The maximum absolute atomic E-state index is 11.0. The van der Waals surface area contributed by atoms with E-state index in [1.807, 2.05) is 12.2 Å². The van der Waals surface area contributed by atoms with Gasteiger partial charge in [-0.1, -0.05) is 12.2 Å². The molecule has 3 nitrogen and oxygen atoms in total. The molecule has 0 saturated carbocycles. The maximum atomic E-state index is 11.0. The fraction of sp³-hybridized carbons (Fsp3) is 0.667. The summed E-state index contributed by atoms with van der Waals surface area (Å²) in [5.41, 5.74) is 0. The van der Waals surface area contributed by atoms with Crippen molar-refractivity contribution in [3.05, 3.63) is 12.2 Å². The lowest BCUT2D eigenvalue weighted by molar-refractivity contribution is -0.107. The molecule has 13 heavy (non-hydrogen) atoms. The third-order valence-corrected chi connectivity index (χ3v) is 3.96. The van der Waals surface area contributed by atoms with Crippen LogP contribution in [0.1, 0.15) is 19.3 Å². The van der Waals surface area contributed by atoms with Crippen LogP contribution in [0.25, 0.3) is 0 Å². The summed E-state index contributed by atoms with van der Waals surface area (Å²) >= 11 is 0. The Kier molecular flexibility index (Phi) is 3.66. The molecule has 0 aromatic heterocycles. The summed E-state index contributed by atoms with van der Waals surface area (Å²) < 4.78 is 22.1. The number of aldehydes is 1. The molecular weight excluding hydrogens is 188 g/mol. The van der Waals surface area contributed by atoms with Crippen LogP contribution in [0.15, 0.2) is 12.2 Å². The first-order valence-electron chi connectivity index (χ1n) is 4.45. The van der Waals surface area contributed by atoms with Gasteiger partial charge in [0.25, 0.3) is 0 Å². The van der Waals surface area contributed by atoms with Crippen molar-refractivity contribution in [1.29, 1.82) is 0 Å². The summed E-state index contributed by atoms with van der Waals surface area (Å²) in [5, 5.41) is 0. The molecule has 0 atom stereocenters. The molecular formula is C9H14O3S. The second-order valence-electron chi connectivity index (χ2n) is 3.32. The minimum Gasteiger partial charge on any atom is -0.303 e. The largest absolute Gasteiger partial charge is 0.303 e. The van der Waals surface area contributed by atoms with Crippen LogP contribution in [0.5, 0.6) is 0 Å². The highest BCUT2D eigenvalue weighted by Gasteiger charge is 2.21. The molecule has 4 heteroatoms. The van der Waals surface area contributed by atoms with Crippen molar-refractivity contribution in [1.82, 2.24) is 0 Å². The van der Waals surface area contributed by atoms with Crippen molar-refractivity contribution in [2.75, 3.05) is 11.5 Å².